The lowest BCUT2D eigenvalue weighted by molar-refractivity contribution is -0.159. The van der Waals surface area contributed by atoms with Crippen molar-refractivity contribution in [3.05, 3.63) is 0 Å². The van der Waals surface area contributed by atoms with Crippen LogP contribution in [0, 0.1) is 0 Å². The van der Waals surface area contributed by atoms with Crippen LogP contribution in [0.5, 0.6) is 0 Å². The molecule has 0 amide bonds. The highest BCUT2D eigenvalue weighted by Crippen LogP contribution is 2.31. The van der Waals surface area contributed by atoms with E-state index in [0.717, 1.165) is 25.9 Å². The Kier molecular flexibility index (Phi) is 4.25. The van der Waals surface area contributed by atoms with E-state index in [1.807, 2.05) is 0 Å². The highest BCUT2D eigenvalue weighted by atomic mass is 16.5. The largest absolute Gasteiger partial charge is 0.480 e. The van der Waals surface area contributed by atoms with Crippen molar-refractivity contribution in [1.29, 1.82) is 0 Å². The highest BCUT2D eigenvalue weighted by Gasteiger charge is 2.40. The first-order valence-electron chi connectivity index (χ1n) is 6.76. The molecule has 1 N–H and O–H groups in total. The molecule has 5 nitrogen and oxygen atoms in total. The van der Waals surface area contributed by atoms with Crippen LogP contribution in [-0.4, -0.2) is 60.0 Å². The van der Waals surface area contributed by atoms with Gasteiger partial charge in [-0.05, 0) is 26.2 Å². The average Bonchev–Trinajstić information content (AvgIpc) is 2.39. The Morgan fingerprint density at radius 3 is 2.94 bits per heavy atom. The van der Waals surface area contributed by atoms with Crippen molar-refractivity contribution >= 4 is 5.97 Å². The quantitative estimate of drug-likeness (QED) is 0.821. The number of rotatable bonds is 3. The molecule has 3 unspecified atom stereocenters. The van der Waals surface area contributed by atoms with Gasteiger partial charge in [0.2, 0.25) is 0 Å². The number of carboxylic acid groups (broad SMARTS) is 1. The normalized spacial score (nSPS) is 38.6. The molecule has 0 aromatic carbocycles. The van der Waals surface area contributed by atoms with E-state index in [4.69, 9.17) is 9.47 Å². The molecule has 2 fully saturated rings. The second-order valence-corrected chi connectivity index (χ2v) is 5.47. The molecule has 0 aliphatic carbocycles. The molecule has 2 heterocycles. The summed E-state index contributed by atoms with van der Waals surface area (Å²) in [6, 6.07) is -0.198. The third kappa shape index (κ3) is 2.84. The maximum absolute atomic E-state index is 11.3. The number of nitrogens with zero attached hydrogens (tertiary/aromatic N) is 1. The lowest BCUT2D eigenvalue weighted by atomic mass is 9.88. The number of ether oxygens (including phenoxy) is 2. The zero-order chi connectivity index (χ0) is 13.2. The van der Waals surface area contributed by atoms with E-state index in [9.17, 15) is 9.90 Å². The molecular weight excluding hydrogens is 234 g/mol. The molecule has 18 heavy (non-hydrogen) atoms. The second kappa shape index (κ2) is 5.55. The summed E-state index contributed by atoms with van der Waals surface area (Å²) >= 11 is 0. The minimum absolute atomic E-state index is 0.107. The number of carbonyl (C=O) groups is 1. The van der Waals surface area contributed by atoms with E-state index >= 15 is 0 Å². The van der Waals surface area contributed by atoms with Gasteiger partial charge < -0.3 is 14.6 Å². The van der Waals surface area contributed by atoms with Gasteiger partial charge in [-0.25, -0.2) is 0 Å². The molecule has 104 valence electrons. The lowest BCUT2D eigenvalue weighted by Crippen LogP contribution is -2.57. The van der Waals surface area contributed by atoms with Gasteiger partial charge in [0.25, 0.3) is 0 Å². The Morgan fingerprint density at radius 2 is 2.28 bits per heavy atom. The average molecular weight is 257 g/mol. The predicted octanol–water partition coefficient (Wildman–Crippen LogP) is 1.12. The minimum Gasteiger partial charge on any atom is -0.480 e. The molecule has 2 aliphatic rings. The SMILES string of the molecule is CCC1(C)CC(N2CCOCC2C(=O)O)CCO1. The Morgan fingerprint density at radius 1 is 1.50 bits per heavy atom. The molecule has 0 spiro atoms. The third-order valence-electron chi connectivity index (χ3n) is 4.24. The van der Waals surface area contributed by atoms with Crippen LogP contribution in [0.4, 0.5) is 0 Å². The van der Waals surface area contributed by atoms with Crippen LogP contribution < -0.4 is 0 Å². The highest BCUT2D eigenvalue weighted by molar-refractivity contribution is 5.73. The van der Waals surface area contributed by atoms with Gasteiger partial charge in [-0.2, -0.15) is 0 Å². The fraction of sp³-hybridized carbons (Fsp3) is 0.923. The van der Waals surface area contributed by atoms with E-state index in [1.54, 1.807) is 0 Å². The van der Waals surface area contributed by atoms with E-state index in [0.29, 0.717) is 25.8 Å². The van der Waals surface area contributed by atoms with Crippen molar-refractivity contribution in [2.75, 3.05) is 26.4 Å². The summed E-state index contributed by atoms with van der Waals surface area (Å²) in [5.41, 5.74) is -0.107. The number of hydrogen-bond acceptors (Lipinski definition) is 4. The van der Waals surface area contributed by atoms with Crippen molar-refractivity contribution < 1.29 is 19.4 Å². The monoisotopic (exact) mass is 257 g/mol. The molecule has 0 bridgehead atoms. The standard InChI is InChI=1S/C13H23NO4/c1-3-13(2)8-10(4-6-18-13)14-5-7-17-9-11(14)12(15)16/h10-11H,3-9H2,1-2H3,(H,15,16). The van der Waals surface area contributed by atoms with Gasteiger partial charge in [0.05, 0.1) is 18.8 Å². The molecular formula is C13H23NO4. The number of carboxylic acids is 1. The molecule has 2 saturated heterocycles. The third-order valence-corrected chi connectivity index (χ3v) is 4.24. The van der Waals surface area contributed by atoms with Crippen molar-refractivity contribution in [2.24, 2.45) is 0 Å². The Bertz CT molecular complexity index is 309. The number of morpholine rings is 1. The summed E-state index contributed by atoms with van der Waals surface area (Å²) in [5, 5.41) is 9.27. The van der Waals surface area contributed by atoms with Crippen molar-refractivity contribution in [2.45, 2.75) is 50.8 Å². The summed E-state index contributed by atoms with van der Waals surface area (Å²) in [6.07, 6.45) is 2.79. The molecule has 0 aromatic heterocycles. The van der Waals surface area contributed by atoms with E-state index in [2.05, 4.69) is 18.7 Å². The summed E-state index contributed by atoms with van der Waals surface area (Å²) in [5.74, 6) is -0.778. The fourth-order valence-electron chi connectivity index (χ4n) is 2.90. The van der Waals surface area contributed by atoms with Gasteiger partial charge >= 0.3 is 5.97 Å². The summed E-state index contributed by atoms with van der Waals surface area (Å²) in [7, 11) is 0. The molecule has 0 aromatic rings. The van der Waals surface area contributed by atoms with Crippen molar-refractivity contribution in [1.82, 2.24) is 4.90 Å². The van der Waals surface area contributed by atoms with Crippen LogP contribution in [0.3, 0.4) is 0 Å². The first kappa shape index (κ1) is 13.8. The maximum Gasteiger partial charge on any atom is 0.323 e. The number of aliphatic carboxylic acids is 1. The molecule has 0 saturated carbocycles. The van der Waals surface area contributed by atoms with E-state index in [1.165, 1.54) is 0 Å². The lowest BCUT2D eigenvalue weighted by Gasteiger charge is -2.45. The summed E-state index contributed by atoms with van der Waals surface area (Å²) in [6.45, 7) is 6.60. The van der Waals surface area contributed by atoms with Gasteiger partial charge in [0.1, 0.15) is 6.04 Å². The van der Waals surface area contributed by atoms with Crippen molar-refractivity contribution in [3.8, 4) is 0 Å². The minimum atomic E-state index is -0.778. The van der Waals surface area contributed by atoms with Crippen LogP contribution in [0.15, 0.2) is 0 Å². The topological polar surface area (TPSA) is 59.0 Å². The Labute approximate surface area is 108 Å². The molecule has 3 atom stereocenters. The first-order valence-corrected chi connectivity index (χ1v) is 6.76. The van der Waals surface area contributed by atoms with Crippen LogP contribution in [0.1, 0.15) is 33.1 Å². The Hall–Kier alpha value is -0.650. The van der Waals surface area contributed by atoms with Crippen LogP contribution in [0.25, 0.3) is 0 Å². The van der Waals surface area contributed by atoms with Crippen LogP contribution in [0.2, 0.25) is 0 Å². The maximum atomic E-state index is 11.3. The first-order chi connectivity index (χ1) is 8.56. The smallest absolute Gasteiger partial charge is 0.323 e. The van der Waals surface area contributed by atoms with Gasteiger partial charge in [-0.3, -0.25) is 9.69 Å². The van der Waals surface area contributed by atoms with Gasteiger partial charge in [0.15, 0.2) is 0 Å². The summed E-state index contributed by atoms with van der Waals surface area (Å²) < 4.78 is 11.1. The van der Waals surface area contributed by atoms with Gasteiger partial charge in [-0.1, -0.05) is 6.92 Å². The zero-order valence-corrected chi connectivity index (χ0v) is 11.2. The fourth-order valence-corrected chi connectivity index (χ4v) is 2.90. The second-order valence-electron chi connectivity index (χ2n) is 5.47. The zero-order valence-electron chi connectivity index (χ0n) is 11.2. The van der Waals surface area contributed by atoms with E-state index < -0.39 is 12.0 Å². The predicted molar refractivity (Wildman–Crippen MR) is 66.6 cm³/mol. The van der Waals surface area contributed by atoms with Crippen molar-refractivity contribution in [3.63, 3.8) is 0 Å². The van der Waals surface area contributed by atoms with Gasteiger partial charge in [0, 0.05) is 19.2 Å². The molecule has 2 aliphatic heterocycles. The summed E-state index contributed by atoms with van der Waals surface area (Å²) in [4.78, 5) is 13.4. The Balaban J connectivity index is 2.06. The van der Waals surface area contributed by atoms with Gasteiger partial charge in [-0.15, -0.1) is 0 Å². The molecule has 5 heteroatoms. The van der Waals surface area contributed by atoms with Crippen LogP contribution in [-0.2, 0) is 14.3 Å². The molecule has 0 radical (unpaired) electrons. The number of hydrogen-bond donors (Lipinski definition) is 1. The van der Waals surface area contributed by atoms with E-state index in [-0.39, 0.29) is 5.60 Å². The molecule has 2 rings (SSSR count). The van der Waals surface area contributed by atoms with Crippen LogP contribution >= 0.6 is 0 Å².